The topological polar surface area (TPSA) is 20.2 Å². The van der Waals surface area contributed by atoms with Gasteiger partial charge in [-0.05, 0) is 11.1 Å². The van der Waals surface area contributed by atoms with Crippen LogP contribution < -0.4 is 0 Å². The molecule has 0 aliphatic heterocycles. The van der Waals surface area contributed by atoms with Crippen molar-refractivity contribution in [3.05, 3.63) is 35.4 Å². The van der Waals surface area contributed by atoms with E-state index in [-0.39, 0.29) is 0 Å². The van der Waals surface area contributed by atoms with Crippen LogP contribution in [0.15, 0.2) is 24.3 Å². The molecule has 1 aliphatic rings. The Balaban J connectivity index is 2.60. The lowest BCUT2D eigenvalue weighted by Crippen LogP contribution is -2.22. The average molecular weight is 208 g/mol. The summed E-state index contributed by atoms with van der Waals surface area (Å²) in [6, 6.07) is 7.62. The molecule has 1 atom stereocenters. The van der Waals surface area contributed by atoms with E-state index >= 15 is 0 Å². The first-order chi connectivity index (χ1) is 6.20. The molecule has 1 aliphatic carbocycles. The first-order valence-corrected chi connectivity index (χ1v) is 4.84. The quantitative estimate of drug-likeness (QED) is 0.660. The molecule has 1 nitrogen and oxygen atoms in total. The number of aliphatic hydroxyl groups excluding tert-OH is 1. The molecule has 66 valence electrons. The van der Waals surface area contributed by atoms with Crippen LogP contribution in [0, 0.1) is 0 Å². The number of fused-ring (bicyclic) bond motifs is 1. The van der Waals surface area contributed by atoms with Gasteiger partial charge in [0.2, 0.25) is 0 Å². The molecular weight excluding hydrogens is 200 g/mol. The number of benzene rings is 1. The second kappa shape index (κ2) is 3.25. The molecule has 0 bridgehead atoms. The zero-order chi connectivity index (χ0) is 9.42. The molecule has 0 heterocycles. The molecular formula is C10H8OS2. The van der Waals surface area contributed by atoms with Crippen LogP contribution in [0.5, 0.6) is 0 Å². The summed E-state index contributed by atoms with van der Waals surface area (Å²) >= 11 is 10.2. The number of hydrogen-bond acceptors (Lipinski definition) is 3. The van der Waals surface area contributed by atoms with Gasteiger partial charge in [0.1, 0.15) is 6.10 Å². The Labute approximate surface area is 87.4 Å². The van der Waals surface area contributed by atoms with Gasteiger partial charge in [-0.1, -0.05) is 48.7 Å². The minimum absolute atomic E-state index is 0.558. The van der Waals surface area contributed by atoms with E-state index in [0.29, 0.717) is 11.3 Å². The van der Waals surface area contributed by atoms with Crippen molar-refractivity contribution < 1.29 is 5.11 Å². The second-order valence-electron chi connectivity index (χ2n) is 3.06. The van der Waals surface area contributed by atoms with Gasteiger partial charge in [0.05, 0.1) is 0 Å². The van der Waals surface area contributed by atoms with Crippen LogP contribution in [0.1, 0.15) is 23.7 Å². The fourth-order valence-electron chi connectivity index (χ4n) is 1.51. The van der Waals surface area contributed by atoms with Crippen LogP contribution in [0.3, 0.4) is 0 Å². The third-order valence-corrected chi connectivity index (χ3v) is 2.93. The highest BCUT2D eigenvalue weighted by Gasteiger charge is 2.24. The van der Waals surface area contributed by atoms with Crippen LogP contribution in [0.4, 0.5) is 0 Å². The average Bonchev–Trinajstić information content (AvgIpc) is 2.15. The third kappa shape index (κ3) is 1.43. The lowest BCUT2D eigenvalue weighted by atomic mass is 9.89. The minimum atomic E-state index is -0.613. The summed E-state index contributed by atoms with van der Waals surface area (Å²) in [7, 11) is 0. The van der Waals surface area contributed by atoms with Crippen LogP contribution in [-0.2, 0) is 0 Å². The summed E-state index contributed by atoms with van der Waals surface area (Å²) in [6.07, 6.45) is -0.0547. The highest BCUT2D eigenvalue weighted by molar-refractivity contribution is 7.82. The third-order valence-electron chi connectivity index (χ3n) is 2.20. The van der Waals surface area contributed by atoms with Crippen molar-refractivity contribution in [3.8, 4) is 0 Å². The van der Waals surface area contributed by atoms with Gasteiger partial charge in [-0.3, -0.25) is 0 Å². The largest absolute Gasteiger partial charge is 0.383 e. The summed E-state index contributed by atoms with van der Waals surface area (Å²) in [4.78, 5) is 1.47. The fourth-order valence-corrected chi connectivity index (χ4v) is 2.22. The summed E-state index contributed by atoms with van der Waals surface area (Å²) in [5.74, 6) is 0. The zero-order valence-electron chi connectivity index (χ0n) is 6.86. The Morgan fingerprint density at radius 1 is 1.23 bits per heavy atom. The van der Waals surface area contributed by atoms with Gasteiger partial charge in [0, 0.05) is 16.1 Å². The van der Waals surface area contributed by atoms with Crippen molar-refractivity contribution in [3.63, 3.8) is 0 Å². The molecule has 1 aromatic rings. The first kappa shape index (κ1) is 8.94. The van der Waals surface area contributed by atoms with Gasteiger partial charge < -0.3 is 5.11 Å². The highest BCUT2D eigenvalue weighted by atomic mass is 32.1. The predicted molar refractivity (Wildman–Crippen MR) is 60.3 cm³/mol. The maximum absolute atomic E-state index is 9.75. The molecule has 1 N–H and O–H groups in total. The number of rotatable bonds is 0. The van der Waals surface area contributed by atoms with Crippen molar-refractivity contribution in [1.29, 1.82) is 0 Å². The van der Waals surface area contributed by atoms with Crippen LogP contribution in [0.2, 0.25) is 0 Å². The molecule has 0 spiro atoms. The Morgan fingerprint density at radius 2 is 1.92 bits per heavy atom. The summed E-state index contributed by atoms with van der Waals surface area (Å²) in [6.45, 7) is 0. The normalized spacial score (nSPS) is 21.5. The van der Waals surface area contributed by atoms with E-state index in [9.17, 15) is 5.11 Å². The maximum Gasteiger partial charge on any atom is 0.111 e. The van der Waals surface area contributed by atoms with Gasteiger partial charge in [0.15, 0.2) is 0 Å². The molecule has 0 radical (unpaired) electrons. The molecule has 0 aromatic heterocycles. The summed E-state index contributed by atoms with van der Waals surface area (Å²) in [5.41, 5.74) is 1.82. The van der Waals surface area contributed by atoms with Gasteiger partial charge in [0.25, 0.3) is 0 Å². The second-order valence-corrected chi connectivity index (χ2v) is 4.07. The van der Waals surface area contributed by atoms with Gasteiger partial charge in [-0.2, -0.15) is 0 Å². The van der Waals surface area contributed by atoms with Crippen LogP contribution in [-0.4, -0.2) is 14.8 Å². The van der Waals surface area contributed by atoms with E-state index in [0.717, 1.165) is 16.0 Å². The Morgan fingerprint density at radius 3 is 2.69 bits per heavy atom. The van der Waals surface area contributed by atoms with Crippen molar-refractivity contribution >= 4 is 34.2 Å². The van der Waals surface area contributed by atoms with Crippen molar-refractivity contribution in [1.82, 2.24) is 0 Å². The van der Waals surface area contributed by atoms with Crippen molar-refractivity contribution in [2.24, 2.45) is 0 Å². The van der Waals surface area contributed by atoms with Gasteiger partial charge >= 0.3 is 0 Å². The first-order valence-electron chi connectivity index (χ1n) is 4.03. The predicted octanol–water partition coefficient (Wildman–Crippen LogP) is 2.21. The molecule has 2 rings (SSSR count). The van der Waals surface area contributed by atoms with E-state index in [1.165, 1.54) is 0 Å². The van der Waals surface area contributed by atoms with Gasteiger partial charge in [-0.15, -0.1) is 0 Å². The Kier molecular flexibility index (Phi) is 2.24. The molecule has 0 saturated heterocycles. The lowest BCUT2D eigenvalue weighted by molar-refractivity contribution is 0.247. The number of thiocarbonyl (C=S) groups is 2. The van der Waals surface area contributed by atoms with E-state index < -0.39 is 6.10 Å². The van der Waals surface area contributed by atoms with Gasteiger partial charge in [-0.25, -0.2) is 0 Å². The summed E-state index contributed by atoms with van der Waals surface area (Å²) < 4.78 is 0. The Hall–Kier alpha value is -0.640. The molecule has 0 amide bonds. The standard InChI is InChI=1S/C10H8OS2/c11-10-7-4-2-1-3-6(7)8(12)5-9(10)13/h1-4,10-11H,5H2. The molecule has 13 heavy (non-hydrogen) atoms. The van der Waals surface area contributed by atoms with Crippen LogP contribution in [0.25, 0.3) is 0 Å². The van der Waals surface area contributed by atoms with Crippen molar-refractivity contribution in [2.75, 3.05) is 0 Å². The Bertz CT molecular complexity index is 384. The zero-order valence-corrected chi connectivity index (χ0v) is 8.49. The molecule has 3 heteroatoms. The maximum atomic E-state index is 9.75. The lowest BCUT2D eigenvalue weighted by Gasteiger charge is -2.22. The number of hydrogen-bond donors (Lipinski definition) is 1. The number of aliphatic hydroxyl groups is 1. The minimum Gasteiger partial charge on any atom is -0.383 e. The van der Waals surface area contributed by atoms with Crippen molar-refractivity contribution in [2.45, 2.75) is 12.5 Å². The van der Waals surface area contributed by atoms with E-state index in [1.54, 1.807) is 0 Å². The monoisotopic (exact) mass is 208 g/mol. The van der Waals surface area contributed by atoms with E-state index in [1.807, 2.05) is 24.3 Å². The van der Waals surface area contributed by atoms with Crippen LogP contribution >= 0.6 is 24.4 Å². The highest BCUT2D eigenvalue weighted by Crippen LogP contribution is 2.28. The molecule has 1 aromatic carbocycles. The summed E-state index contributed by atoms with van der Waals surface area (Å²) in [5, 5.41) is 9.75. The molecule has 1 unspecified atom stereocenters. The smallest absolute Gasteiger partial charge is 0.111 e. The fraction of sp³-hybridized carbons (Fsp3) is 0.200. The molecule has 0 saturated carbocycles. The SMILES string of the molecule is OC1C(=S)CC(=S)c2ccccc21. The van der Waals surface area contributed by atoms with E-state index in [4.69, 9.17) is 24.4 Å². The van der Waals surface area contributed by atoms with E-state index in [2.05, 4.69) is 0 Å². The molecule has 0 fully saturated rings.